The second-order valence-corrected chi connectivity index (χ2v) is 4.20. The summed E-state index contributed by atoms with van der Waals surface area (Å²) in [6.07, 6.45) is 1.75. The van der Waals surface area contributed by atoms with E-state index in [1.807, 2.05) is 31.3 Å². The Labute approximate surface area is 105 Å². The Morgan fingerprint density at radius 1 is 1.28 bits per heavy atom. The monoisotopic (exact) mass is 243 g/mol. The highest BCUT2D eigenvalue weighted by Crippen LogP contribution is 2.32. The number of amides is 1. The van der Waals surface area contributed by atoms with Gasteiger partial charge in [-0.05, 0) is 17.7 Å². The molecule has 1 aliphatic rings. The number of nitrogens with zero attached hydrogens (tertiary/aromatic N) is 3. The Balaban J connectivity index is 2.16. The largest absolute Gasteiger partial charge is 0.278 e. The number of hydrogen-bond acceptors (Lipinski definition) is 3. The molecule has 2 aromatic rings. The van der Waals surface area contributed by atoms with Crippen LogP contribution in [0.25, 0.3) is 11.3 Å². The van der Waals surface area contributed by atoms with Crippen LogP contribution >= 0.6 is 0 Å². The zero-order valence-corrected chi connectivity index (χ0v) is 10.3. The average Bonchev–Trinajstić information content (AvgIpc) is 2.94. The van der Waals surface area contributed by atoms with Crippen LogP contribution < -0.4 is 0 Å². The van der Waals surface area contributed by atoms with Crippen LogP contribution in [0.15, 0.2) is 30.5 Å². The van der Waals surface area contributed by atoms with Gasteiger partial charge in [-0.25, -0.2) is 5.06 Å². The summed E-state index contributed by atoms with van der Waals surface area (Å²) in [7, 11) is 3.40. The van der Waals surface area contributed by atoms with Crippen LogP contribution in [-0.2, 0) is 18.4 Å². The van der Waals surface area contributed by atoms with Gasteiger partial charge in [-0.15, -0.1) is 0 Å². The van der Waals surface area contributed by atoms with Gasteiger partial charge in [0, 0.05) is 24.4 Å². The summed E-state index contributed by atoms with van der Waals surface area (Å²) >= 11 is 0. The second-order valence-electron chi connectivity index (χ2n) is 4.20. The number of aromatic nitrogens is 2. The topological polar surface area (TPSA) is 47.4 Å². The van der Waals surface area contributed by atoms with Gasteiger partial charge in [-0.1, -0.05) is 12.1 Å². The van der Waals surface area contributed by atoms with Crippen LogP contribution in [0, 0.1) is 0 Å². The molecule has 5 nitrogen and oxygen atoms in total. The molecule has 2 heterocycles. The van der Waals surface area contributed by atoms with Crippen LogP contribution in [0.1, 0.15) is 15.9 Å². The van der Waals surface area contributed by atoms with Gasteiger partial charge in [0.25, 0.3) is 5.91 Å². The molecule has 92 valence electrons. The maximum atomic E-state index is 12.0. The van der Waals surface area contributed by atoms with E-state index in [1.54, 1.807) is 10.9 Å². The van der Waals surface area contributed by atoms with Gasteiger partial charge in [-0.3, -0.25) is 14.3 Å². The molecule has 0 N–H and O–H groups in total. The van der Waals surface area contributed by atoms with Crippen molar-refractivity contribution < 1.29 is 9.63 Å². The van der Waals surface area contributed by atoms with Gasteiger partial charge in [0.2, 0.25) is 0 Å². The highest BCUT2D eigenvalue weighted by atomic mass is 16.7. The molecule has 0 radical (unpaired) electrons. The molecular formula is C13H13N3O2. The Morgan fingerprint density at radius 3 is 2.72 bits per heavy atom. The normalized spacial score (nSPS) is 14.1. The lowest BCUT2D eigenvalue weighted by atomic mass is 10.0. The van der Waals surface area contributed by atoms with Crippen molar-refractivity contribution in [2.24, 2.45) is 7.05 Å². The first-order chi connectivity index (χ1) is 8.72. The SMILES string of the molecule is CON1Cc2c(cccc2-c2ccnn2C)C1=O. The van der Waals surface area contributed by atoms with E-state index in [1.165, 1.54) is 12.2 Å². The molecule has 0 saturated carbocycles. The van der Waals surface area contributed by atoms with Crippen LogP contribution in [0.3, 0.4) is 0 Å². The smallest absolute Gasteiger partial charge is 0.274 e. The van der Waals surface area contributed by atoms with Gasteiger partial charge in [-0.2, -0.15) is 5.10 Å². The minimum absolute atomic E-state index is 0.0866. The summed E-state index contributed by atoms with van der Waals surface area (Å²) in [5, 5.41) is 5.53. The Hall–Kier alpha value is -2.14. The summed E-state index contributed by atoms with van der Waals surface area (Å²) in [4.78, 5) is 17.1. The van der Waals surface area contributed by atoms with E-state index >= 15 is 0 Å². The Kier molecular flexibility index (Phi) is 2.41. The molecule has 18 heavy (non-hydrogen) atoms. The number of hydroxylamine groups is 2. The molecule has 0 aliphatic carbocycles. The zero-order chi connectivity index (χ0) is 12.7. The molecule has 0 bridgehead atoms. The maximum Gasteiger partial charge on any atom is 0.278 e. The minimum Gasteiger partial charge on any atom is -0.274 e. The van der Waals surface area contributed by atoms with Crippen molar-refractivity contribution in [1.29, 1.82) is 0 Å². The van der Waals surface area contributed by atoms with Crippen molar-refractivity contribution in [3.05, 3.63) is 41.6 Å². The molecular weight excluding hydrogens is 230 g/mol. The fourth-order valence-corrected chi connectivity index (χ4v) is 2.33. The minimum atomic E-state index is -0.0866. The van der Waals surface area contributed by atoms with E-state index < -0.39 is 0 Å². The van der Waals surface area contributed by atoms with Gasteiger partial charge in [0.15, 0.2) is 0 Å². The summed E-state index contributed by atoms with van der Waals surface area (Å²) in [5.41, 5.74) is 3.72. The molecule has 5 heteroatoms. The number of fused-ring (bicyclic) bond motifs is 1. The second kappa shape index (κ2) is 3.96. The summed E-state index contributed by atoms with van der Waals surface area (Å²) in [5.74, 6) is -0.0866. The predicted octanol–water partition coefficient (Wildman–Crippen LogP) is 1.60. The van der Waals surface area contributed by atoms with E-state index in [9.17, 15) is 4.79 Å². The Morgan fingerprint density at radius 2 is 2.06 bits per heavy atom. The van der Waals surface area contributed by atoms with E-state index in [2.05, 4.69) is 5.10 Å². The maximum absolute atomic E-state index is 12.0. The number of carbonyl (C=O) groups excluding carboxylic acids is 1. The standard InChI is InChI=1S/C13H13N3O2/c1-15-12(6-7-14-15)9-4-3-5-10-11(9)8-16(18-2)13(10)17/h3-7H,8H2,1-2H3. The molecule has 0 atom stereocenters. The van der Waals surface area contributed by atoms with Crippen molar-refractivity contribution in [3.63, 3.8) is 0 Å². The third kappa shape index (κ3) is 1.44. The molecule has 1 amide bonds. The van der Waals surface area contributed by atoms with Gasteiger partial charge < -0.3 is 0 Å². The lowest BCUT2D eigenvalue weighted by molar-refractivity contribution is -0.0956. The molecule has 1 aliphatic heterocycles. The van der Waals surface area contributed by atoms with Gasteiger partial charge >= 0.3 is 0 Å². The molecule has 0 unspecified atom stereocenters. The van der Waals surface area contributed by atoms with Crippen LogP contribution in [-0.4, -0.2) is 27.9 Å². The van der Waals surface area contributed by atoms with Gasteiger partial charge in [0.05, 0.1) is 19.3 Å². The summed E-state index contributed by atoms with van der Waals surface area (Å²) in [6, 6.07) is 7.66. The number of benzene rings is 1. The predicted molar refractivity (Wildman–Crippen MR) is 65.5 cm³/mol. The molecule has 0 fully saturated rings. The fraction of sp³-hybridized carbons (Fsp3) is 0.231. The third-order valence-electron chi connectivity index (χ3n) is 3.25. The number of rotatable bonds is 2. The van der Waals surface area contributed by atoms with E-state index in [0.717, 1.165) is 16.8 Å². The van der Waals surface area contributed by atoms with Gasteiger partial charge in [0.1, 0.15) is 0 Å². The zero-order valence-electron chi connectivity index (χ0n) is 10.3. The number of aryl methyl sites for hydroxylation is 1. The first-order valence-corrected chi connectivity index (χ1v) is 5.68. The van der Waals surface area contributed by atoms with Crippen molar-refractivity contribution in [3.8, 4) is 11.3 Å². The molecule has 0 spiro atoms. The van der Waals surface area contributed by atoms with E-state index in [-0.39, 0.29) is 5.91 Å². The van der Waals surface area contributed by atoms with Crippen molar-refractivity contribution in [2.45, 2.75) is 6.54 Å². The summed E-state index contributed by atoms with van der Waals surface area (Å²) < 4.78 is 1.80. The van der Waals surface area contributed by atoms with Crippen LogP contribution in [0.5, 0.6) is 0 Å². The first-order valence-electron chi connectivity index (χ1n) is 5.68. The fourth-order valence-electron chi connectivity index (χ4n) is 2.33. The summed E-state index contributed by atoms with van der Waals surface area (Å²) in [6.45, 7) is 0.478. The van der Waals surface area contributed by atoms with Crippen molar-refractivity contribution in [2.75, 3.05) is 7.11 Å². The Bertz CT molecular complexity index is 618. The average molecular weight is 243 g/mol. The number of hydrogen-bond donors (Lipinski definition) is 0. The molecule has 3 rings (SSSR count). The molecule has 1 aromatic carbocycles. The highest BCUT2D eigenvalue weighted by Gasteiger charge is 2.30. The van der Waals surface area contributed by atoms with E-state index in [4.69, 9.17) is 4.84 Å². The quantitative estimate of drug-likeness (QED) is 0.805. The van der Waals surface area contributed by atoms with Crippen molar-refractivity contribution >= 4 is 5.91 Å². The highest BCUT2D eigenvalue weighted by molar-refractivity contribution is 5.99. The molecule has 1 aromatic heterocycles. The van der Waals surface area contributed by atoms with E-state index in [0.29, 0.717) is 12.1 Å². The van der Waals surface area contributed by atoms with Crippen LogP contribution in [0.4, 0.5) is 0 Å². The lowest BCUT2D eigenvalue weighted by Gasteiger charge is -2.11. The van der Waals surface area contributed by atoms with Crippen LogP contribution in [0.2, 0.25) is 0 Å². The number of carbonyl (C=O) groups is 1. The van der Waals surface area contributed by atoms with Crippen molar-refractivity contribution in [1.82, 2.24) is 14.8 Å². The molecule has 0 saturated heterocycles. The third-order valence-corrected chi connectivity index (χ3v) is 3.25. The lowest BCUT2D eigenvalue weighted by Crippen LogP contribution is -2.21. The first kappa shape index (κ1) is 11.0.